The lowest BCUT2D eigenvalue weighted by atomic mass is 10.0. The van der Waals surface area contributed by atoms with Gasteiger partial charge in [-0.1, -0.05) is 6.07 Å². The minimum absolute atomic E-state index is 0.149. The van der Waals surface area contributed by atoms with Gasteiger partial charge < -0.3 is 0 Å². The topological polar surface area (TPSA) is 60.2 Å². The predicted octanol–water partition coefficient (Wildman–Crippen LogP) is 3.22. The molecule has 0 amide bonds. The number of thiophene rings is 1. The van der Waals surface area contributed by atoms with Gasteiger partial charge >= 0.3 is 0 Å². The zero-order chi connectivity index (χ0) is 15.8. The van der Waals surface area contributed by atoms with Crippen molar-refractivity contribution < 1.29 is 9.18 Å². The third-order valence-corrected chi connectivity index (χ3v) is 4.28. The van der Waals surface area contributed by atoms with Crippen LogP contribution in [0.4, 0.5) is 4.39 Å². The number of aromatic nitrogens is 4. The number of benzene rings is 1. The molecule has 4 aromatic rings. The summed E-state index contributed by atoms with van der Waals surface area (Å²) in [6.45, 7) is 0. The first-order valence-corrected chi connectivity index (χ1v) is 7.65. The molecule has 3 heterocycles. The minimum atomic E-state index is -0.344. The van der Waals surface area contributed by atoms with Crippen LogP contribution in [0, 0.1) is 5.82 Å². The van der Waals surface area contributed by atoms with Gasteiger partial charge in [-0.15, -0.1) is 11.3 Å². The number of carbonyl (C=O) groups excluding carboxylic acids is 1. The maximum Gasteiger partial charge on any atom is 0.252 e. The monoisotopic (exact) mass is 324 g/mol. The summed E-state index contributed by atoms with van der Waals surface area (Å²) in [5.41, 5.74) is 1.62. The molecule has 0 aliphatic carbocycles. The van der Waals surface area contributed by atoms with Gasteiger partial charge in [-0.2, -0.15) is 14.6 Å². The normalized spacial score (nSPS) is 11.0. The van der Waals surface area contributed by atoms with Gasteiger partial charge in [-0.25, -0.2) is 9.37 Å². The van der Waals surface area contributed by atoms with E-state index in [-0.39, 0.29) is 11.6 Å². The number of rotatable bonds is 3. The highest BCUT2D eigenvalue weighted by Crippen LogP contribution is 2.26. The van der Waals surface area contributed by atoms with Crippen LogP contribution in [0.25, 0.3) is 17.0 Å². The molecule has 0 spiro atoms. The predicted molar refractivity (Wildman–Crippen MR) is 83.9 cm³/mol. The summed E-state index contributed by atoms with van der Waals surface area (Å²) in [4.78, 5) is 21.6. The quantitative estimate of drug-likeness (QED) is 0.543. The lowest BCUT2D eigenvalue weighted by molar-refractivity contribution is 0.104. The van der Waals surface area contributed by atoms with Crippen molar-refractivity contribution in [3.63, 3.8) is 0 Å². The van der Waals surface area contributed by atoms with Gasteiger partial charge in [0.25, 0.3) is 5.78 Å². The van der Waals surface area contributed by atoms with Crippen LogP contribution in [-0.4, -0.2) is 25.4 Å². The van der Waals surface area contributed by atoms with Crippen LogP contribution in [-0.2, 0) is 0 Å². The molecule has 0 aliphatic heterocycles. The summed E-state index contributed by atoms with van der Waals surface area (Å²) < 4.78 is 14.7. The molecule has 0 radical (unpaired) electrons. The van der Waals surface area contributed by atoms with E-state index in [1.54, 1.807) is 18.2 Å². The van der Waals surface area contributed by atoms with E-state index >= 15 is 0 Å². The second-order valence-electron chi connectivity index (χ2n) is 4.81. The molecule has 3 aromatic heterocycles. The number of fused-ring (bicyclic) bond motifs is 1. The second kappa shape index (κ2) is 5.36. The Kier molecular flexibility index (Phi) is 3.20. The Morgan fingerprint density at radius 3 is 2.70 bits per heavy atom. The molecule has 5 nitrogen and oxygen atoms in total. The highest BCUT2D eigenvalue weighted by molar-refractivity contribution is 7.12. The summed E-state index contributed by atoms with van der Waals surface area (Å²) in [6, 6.07) is 9.48. The van der Waals surface area contributed by atoms with E-state index < -0.39 is 0 Å². The average Bonchev–Trinajstić information content (AvgIpc) is 3.25. The number of nitrogens with zero attached hydrogens (tertiary/aromatic N) is 4. The Morgan fingerprint density at radius 2 is 1.96 bits per heavy atom. The molecule has 7 heteroatoms. The molecule has 0 saturated heterocycles. The van der Waals surface area contributed by atoms with E-state index in [0.717, 1.165) is 0 Å². The van der Waals surface area contributed by atoms with E-state index in [1.807, 2.05) is 11.4 Å². The Labute approximate surface area is 134 Å². The van der Waals surface area contributed by atoms with Gasteiger partial charge in [0.15, 0.2) is 0 Å². The molecular formula is C16H9FN4OS. The molecule has 0 aliphatic rings. The first kappa shape index (κ1) is 13.7. The van der Waals surface area contributed by atoms with Crippen molar-refractivity contribution in [1.29, 1.82) is 0 Å². The van der Waals surface area contributed by atoms with Crippen LogP contribution in [0.2, 0.25) is 0 Å². The third-order valence-electron chi connectivity index (χ3n) is 3.41. The van der Waals surface area contributed by atoms with Crippen molar-refractivity contribution in [1.82, 2.24) is 19.6 Å². The van der Waals surface area contributed by atoms with Crippen molar-refractivity contribution in [2.45, 2.75) is 0 Å². The van der Waals surface area contributed by atoms with Gasteiger partial charge in [-0.3, -0.25) is 4.79 Å². The van der Waals surface area contributed by atoms with Crippen LogP contribution >= 0.6 is 11.3 Å². The average molecular weight is 324 g/mol. The zero-order valence-electron chi connectivity index (χ0n) is 11.7. The molecule has 0 unspecified atom stereocenters. The molecule has 0 atom stereocenters. The molecule has 112 valence electrons. The van der Waals surface area contributed by atoms with E-state index in [9.17, 15) is 9.18 Å². The largest absolute Gasteiger partial charge is 0.288 e. The smallest absolute Gasteiger partial charge is 0.252 e. The number of halogens is 1. The molecule has 0 bridgehead atoms. The highest BCUT2D eigenvalue weighted by atomic mass is 32.1. The highest BCUT2D eigenvalue weighted by Gasteiger charge is 2.20. The van der Waals surface area contributed by atoms with Gasteiger partial charge in [0.2, 0.25) is 5.78 Å². The van der Waals surface area contributed by atoms with E-state index in [4.69, 9.17) is 0 Å². The zero-order valence-corrected chi connectivity index (χ0v) is 12.5. The Morgan fingerprint density at radius 1 is 1.13 bits per heavy atom. The maximum atomic E-state index is 13.2. The van der Waals surface area contributed by atoms with Crippen molar-refractivity contribution in [2.24, 2.45) is 0 Å². The Bertz CT molecular complexity index is 993. The molecular weight excluding hydrogens is 315 g/mol. The van der Waals surface area contributed by atoms with Crippen LogP contribution in [0.3, 0.4) is 0 Å². The second-order valence-corrected chi connectivity index (χ2v) is 5.75. The van der Waals surface area contributed by atoms with Crippen molar-refractivity contribution in [3.8, 4) is 11.3 Å². The maximum absolute atomic E-state index is 13.2. The van der Waals surface area contributed by atoms with Gasteiger partial charge in [0.1, 0.15) is 12.1 Å². The first-order valence-electron chi connectivity index (χ1n) is 6.77. The summed E-state index contributed by atoms with van der Waals surface area (Å²) in [7, 11) is 0. The van der Waals surface area contributed by atoms with Gasteiger partial charge in [0, 0.05) is 11.8 Å². The standard InChI is InChI=1S/C16H9FN4OS/c17-11-5-3-10(4-6-11)14-12(15(22)13-2-1-7-23-13)8-18-16-19-9-20-21(14)16/h1-9H. The van der Waals surface area contributed by atoms with Crippen LogP contribution < -0.4 is 0 Å². The third kappa shape index (κ3) is 2.31. The van der Waals surface area contributed by atoms with Crippen molar-refractivity contribution in [2.75, 3.05) is 0 Å². The fourth-order valence-corrected chi connectivity index (χ4v) is 3.05. The number of hydrogen-bond acceptors (Lipinski definition) is 5. The van der Waals surface area contributed by atoms with E-state index in [1.165, 1.54) is 40.5 Å². The van der Waals surface area contributed by atoms with Crippen LogP contribution in [0.5, 0.6) is 0 Å². The molecule has 0 saturated carbocycles. The Balaban J connectivity index is 1.99. The lowest BCUT2D eigenvalue weighted by Gasteiger charge is -2.09. The fraction of sp³-hybridized carbons (Fsp3) is 0. The van der Waals surface area contributed by atoms with Crippen LogP contribution in [0.1, 0.15) is 15.2 Å². The summed E-state index contributed by atoms with van der Waals surface area (Å²) in [5.74, 6) is -0.111. The van der Waals surface area contributed by atoms with Gasteiger partial charge in [-0.05, 0) is 35.7 Å². The number of carbonyl (C=O) groups is 1. The molecule has 4 rings (SSSR count). The molecule has 0 fully saturated rings. The van der Waals surface area contributed by atoms with Crippen molar-refractivity contribution >= 4 is 22.9 Å². The summed E-state index contributed by atoms with van der Waals surface area (Å²) in [6.07, 6.45) is 2.86. The van der Waals surface area contributed by atoms with E-state index in [0.29, 0.717) is 27.5 Å². The molecule has 1 aromatic carbocycles. The fourth-order valence-electron chi connectivity index (χ4n) is 2.37. The number of ketones is 1. The van der Waals surface area contributed by atoms with Crippen molar-refractivity contribution in [3.05, 3.63) is 70.6 Å². The Hall–Kier alpha value is -2.93. The lowest BCUT2D eigenvalue weighted by Crippen LogP contribution is -2.08. The summed E-state index contributed by atoms with van der Waals surface area (Å²) in [5, 5.41) is 5.98. The summed E-state index contributed by atoms with van der Waals surface area (Å²) >= 11 is 1.36. The van der Waals surface area contributed by atoms with E-state index in [2.05, 4.69) is 15.1 Å². The van der Waals surface area contributed by atoms with Gasteiger partial charge in [0.05, 0.1) is 16.1 Å². The minimum Gasteiger partial charge on any atom is -0.288 e. The SMILES string of the molecule is O=C(c1cccs1)c1cnc2ncnn2c1-c1ccc(F)cc1. The molecule has 23 heavy (non-hydrogen) atoms. The molecule has 0 N–H and O–H groups in total. The number of hydrogen-bond donors (Lipinski definition) is 0. The van der Waals surface area contributed by atoms with Crippen LogP contribution in [0.15, 0.2) is 54.3 Å². The first-order chi connectivity index (χ1) is 11.2.